The molecule has 0 unspecified atom stereocenters. The van der Waals surface area contributed by atoms with E-state index in [4.69, 9.17) is 22.7 Å². The molecule has 1 fully saturated rings. The Labute approximate surface area is 138 Å². The molecule has 6 heteroatoms. The van der Waals surface area contributed by atoms with Crippen LogP contribution in [-0.2, 0) is 9.53 Å². The molecule has 0 bridgehead atoms. The molecule has 114 valence electrons. The van der Waals surface area contributed by atoms with E-state index < -0.39 is 5.41 Å². The Morgan fingerprint density at radius 3 is 2.33 bits per heavy atom. The van der Waals surface area contributed by atoms with Gasteiger partial charge in [-0.15, -0.1) is 0 Å². The van der Waals surface area contributed by atoms with Gasteiger partial charge in [0.1, 0.15) is 5.41 Å². The minimum Gasteiger partial charge on any atom is -0.392 e. The standard InChI is InChI=1S/C15H19BrN2O2S/c1-9-7-11(8-10(2)12(9)16)18-14(19)15(13(17)21)3-5-20-6-4-15/h7-8H,3-6H2,1-2H3,(H2,17,21)(H,18,19). The number of benzene rings is 1. The summed E-state index contributed by atoms with van der Waals surface area (Å²) in [5, 5.41) is 2.96. The number of nitrogens with two attached hydrogens (primary N) is 1. The third kappa shape index (κ3) is 3.27. The summed E-state index contributed by atoms with van der Waals surface area (Å²) in [6, 6.07) is 3.86. The summed E-state index contributed by atoms with van der Waals surface area (Å²) in [4.78, 5) is 12.9. The second-order valence-corrected chi connectivity index (χ2v) is 6.67. The Kier molecular flexibility index (Phi) is 5.01. The highest BCUT2D eigenvalue weighted by Crippen LogP contribution is 2.33. The second-order valence-electron chi connectivity index (χ2n) is 5.44. The molecule has 0 aliphatic carbocycles. The van der Waals surface area contributed by atoms with Gasteiger partial charge in [-0.2, -0.15) is 0 Å². The molecule has 2 rings (SSSR count). The van der Waals surface area contributed by atoms with Crippen molar-refractivity contribution in [1.82, 2.24) is 0 Å². The number of carbonyl (C=O) groups is 1. The first-order valence-corrected chi connectivity index (χ1v) is 8.03. The first-order chi connectivity index (χ1) is 9.86. The van der Waals surface area contributed by atoms with Gasteiger partial charge in [-0.05, 0) is 49.9 Å². The summed E-state index contributed by atoms with van der Waals surface area (Å²) in [5.74, 6) is -0.139. The van der Waals surface area contributed by atoms with Crippen LogP contribution in [0.5, 0.6) is 0 Å². The van der Waals surface area contributed by atoms with Crippen molar-refractivity contribution in [2.45, 2.75) is 26.7 Å². The smallest absolute Gasteiger partial charge is 0.237 e. The SMILES string of the molecule is Cc1cc(NC(=O)C2(C(N)=S)CCOCC2)cc(C)c1Br. The summed E-state index contributed by atoms with van der Waals surface area (Å²) in [7, 11) is 0. The number of nitrogens with one attached hydrogen (secondary N) is 1. The van der Waals surface area contributed by atoms with Crippen LogP contribution in [0.25, 0.3) is 0 Å². The summed E-state index contributed by atoms with van der Waals surface area (Å²) in [5.41, 5.74) is 7.95. The van der Waals surface area contributed by atoms with Crippen molar-refractivity contribution in [3.05, 3.63) is 27.7 Å². The average Bonchev–Trinajstić information content (AvgIpc) is 2.45. The van der Waals surface area contributed by atoms with Crippen LogP contribution >= 0.6 is 28.1 Å². The van der Waals surface area contributed by atoms with E-state index in [1.807, 2.05) is 26.0 Å². The number of ether oxygens (including phenoxy) is 1. The van der Waals surface area contributed by atoms with Gasteiger partial charge >= 0.3 is 0 Å². The van der Waals surface area contributed by atoms with Gasteiger partial charge in [0.15, 0.2) is 0 Å². The van der Waals surface area contributed by atoms with E-state index in [-0.39, 0.29) is 10.9 Å². The van der Waals surface area contributed by atoms with Gasteiger partial charge in [-0.25, -0.2) is 0 Å². The van der Waals surface area contributed by atoms with Crippen LogP contribution in [0.15, 0.2) is 16.6 Å². The van der Waals surface area contributed by atoms with Crippen molar-refractivity contribution >= 4 is 44.7 Å². The van der Waals surface area contributed by atoms with Gasteiger partial charge in [0.05, 0.1) is 4.99 Å². The van der Waals surface area contributed by atoms with Crippen LogP contribution in [0.2, 0.25) is 0 Å². The van der Waals surface area contributed by atoms with E-state index >= 15 is 0 Å². The molecule has 1 aromatic carbocycles. The first-order valence-electron chi connectivity index (χ1n) is 6.83. The van der Waals surface area contributed by atoms with Crippen molar-refractivity contribution in [2.75, 3.05) is 18.5 Å². The van der Waals surface area contributed by atoms with Gasteiger partial charge in [-0.3, -0.25) is 4.79 Å². The molecular weight excluding hydrogens is 352 g/mol. The summed E-state index contributed by atoms with van der Waals surface area (Å²) in [6.07, 6.45) is 1.06. The number of aryl methyl sites for hydroxylation is 2. The van der Waals surface area contributed by atoms with Gasteiger partial charge in [0.25, 0.3) is 0 Å². The Bertz CT molecular complexity index is 560. The molecule has 1 heterocycles. The van der Waals surface area contributed by atoms with Crippen molar-refractivity contribution in [1.29, 1.82) is 0 Å². The van der Waals surface area contributed by atoms with Crippen LogP contribution in [0.1, 0.15) is 24.0 Å². The lowest BCUT2D eigenvalue weighted by Gasteiger charge is -2.34. The second kappa shape index (κ2) is 6.42. The normalized spacial score (nSPS) is 17.3. The zero-order valence-electron chi connectivity index (χ0n) is 12.2. The molecule has 0 spiro atoms. The van der Waals surface area contributed by atoms with E-state index in [2.05, 4.69) is 21.2 Å². The lowest BCUT2D eigenvalue weighted by Crippen LogP contribution is -2.49. The van der Waals surface area contributed by atoms with Crippen molar-refractivity contribution < 1.29 is 9.53 Å². The number of amides is 1. The quantitative estimate of drug-likeness (QED) is 0.802. The van der Waals surface area contributed by atoms with Gasteiger partial charge in [0.2, 0.25) is 5.91 Å². The van der Waals surface area contributed by atoms with Crippen LogP contribution in [0.3, 0.4) is 0 Å². The summed E-state index contributed by atoms with van der Waals surface area (Å²) >= 11 is 8.67. The number of hydrogen-bond acceptors (Lipinski definition) is 3. The summed E-state index contributed by atoms with van der Waals surface area (Å²) < 4.78 is 6.38. The molecule has 0 atom stereocenters. The lowest BCUT2D eigenvalue weighted by molar-refractivity contribution is -0.126. The Balaban J connectivity index is 2.25. The fourth-order valence-corrected chi connectivity index (χ4v) is 3.10. The molecule has 3 N–H and O–H groups in total. The van der Waals surface area contributed by atoms with Gasteiger partial charge in [-0.1, -0.05) is 28.1 Å². The van der Waals surface area contributed by atoms with Crippen LogP contribution in [0, 0.1) is 19.3 Å². The lowest BCUT2D eigenvalue weighted by atomic mass is 9.79. The zero-order chi connectivity index (χ0) is 15.6. The number of hydrogen-bond donors (Lipinski definition) is 2. The maximum Gasteiger partial charge on any atom is 0.237 e. The zero-order valence-corrected chi connectivity index (χ0v) is 14.6. The molecular formula is C15H19BrN2O2S. The molecule has 0 aromatic heterocycles. The van der Waals surface area contributed by atoms with Crippen LogP contribution in [0.4, 0.5) is 5.69 Å². The number of carbonyl (C=O) groups excluding carboxylic acids is 1. The predicted octanol–water partition coefficient (Wildman–Crippen LogP) is 3.09. The van der Waals surface area contributed by atoms with E-state index in [1.165, 1.54) is 0 Å². The van der Waals surface area contributed by atoms with E-state index in [0.717, 1.165) is 21.3 Å². The topological polar surface area (TPSA) is 64.4 Å². The third-order valence-electron chi connectivity index (χ3n) is 3.95. The first kappa shape index (κ1) is 16.4. The van der Waals surface area contributed by atoms with E-state index in [9.17, 15) is 4.79 Å². The molecule has 21 heavy (non-hydrogen) atoms. The molecule has 1 aromatic rings. The highest BCUT2D eigenvalue weighted by Gasteiger charge is 2.43. The van der Waals surface area contributed by atoms with Crippen molar-refractivity contribution in [3.8, 4) is 0 Å². The number of thiocarbonyl (C=S) groups is 1. The predicted molar refractivity (Wildman–Crippen MR) is 91.5 cm³/mol. The van der Waals surface area contributed by atoms with E-state index in [1.54, 1.807) is 0 Å². The molecule has 0 saturated carbocycles. The highest BCUT2D eigenvalue weighted by atomic mass is 79.9. The minimum absolute atomic E-state index is 0.139. The Morgan fingerprint density at radius 2 is 1.86 bits per heavy atom. The molecule has 1 amide bonds. The number of rotatable bonds is 3. The monoisotopic (exact) mass is 370 g/mol. The third-order valence-corrected chi connectivity index (χ3v) is 5.59. The fourth-order valence-electron chi connectivity index (χ4n) is 2.57. The molecule has 1 aliphatic heterocycles. The minimum atomic E-state index is -0.803. The van der Waals surface area contributed by atoms with Crippen molar-refractivity contribution in [3.63, 3.8) is 0 Å². The maximum atomic E-state index is 12.7. The molecule has 0 radical (unpaired) electrons. The number of halogens is 1. The van der Waals surface area contributed by atoms with Crippen LogP contribution in [-0.4, -0.2) is 24.1 Å². The number of anilines is 1. The van der Waals surface area contributed by atoms with E-state index in [0.29, 0.717) is 26.1 Å². The largest absolute Gasteiger partial charge is 0.392 e. The fraction of sp³-hybridized carbons (Fsp3) is 0.467. The van der Waals surface area contributed by atoms with Crippen LogP contribution < -0.4 is 11.1 Å². The van der Waals surface area contributed by atoms with Gasteiger partial charge in [0, 0.05) is 23.4 Å². The molecule has 1 saturated heterocycles. The molecule has 1 aliphatic rings. The van der Waals surface area contributed by atoms with Gasteiger partial charge < -0.3 is 15.8 Å². The average molecular weight is 371 g/mol. The Morgan fingerprint density at radius 1 is 1.33 bits per heavy atom. The molecule has 4 nitrogen and oxygen atoms in total. The van der Waals surface area contributed by atoms with Crippen molar-refractivity contribution in [2.24, 2.45) is 11.1 Å². The Hall–Kier alpha value is -0.980. The summed E-state index contributed by atoms with van der Waals surface area (Å²) in [6.45, 7) is 4.99. The maximum absolute atomic E-state index is 12.7. The highest BCUT2D eigenvalue weighted by molar-refractivity contribution is 9.10.